The Balaban J connectivity index is 1.25. The number of carbonyl (C=O) groups is 1. The quantitative estimate of drug-likeness (QED) is 0.370. The van der Waals surface area contributed by atoms with Crippen LogP contribution >= 0.6 is 0 Å². The van der Waals surface area contributed by atoms with Crippen molar-refractivity contribution in [2.75, 3.05) is 44.3 Å². The second-order valence-corrected chi connectivity index (χ2v) is 10.3. The highest BCUT2D eigenvalue weighted by atomic mass is 19.1. The van der Waals surface area contributed by atoms with Gasteiger partial charge in [0, 0.05) is 30.7 Å². The van der Waals surface area contributed by atoms with Gasteiger partial charge in [0.15, 0.2) is 0 Å². The van der Waals surface area contributed by atoms with E-state index in [1.165, 1.54) is 12.1 Å². The first-order chi connectivity index (χ1) is 18.4. The van der Waals surface area contributed by atoms with Crippen LogP contribution in [0, 0.1) is 11.2 Å². The lowest BCUT2D eigenvalue weighted by Gasteiger charge is -2.55. The predicted molar refractivity (Wildman–Crippen MR) is 147 cm³/mol. The fourth-order valence-corrected chi connectivity index (χ4v) is 5.70. The van der Waals surface area contributed by atoms with Gasteiger partial charge < -0.3 is 19.5 Å². The number of benzene rings is 3. The van der Waals surface area contributed by atoms with Crippen molar-refractivity contribution < 1.29 is 23.8 Å². The molecule has 2 saturated heterocycles. The van der Waals surface area contributed by atoms with E-state index < -0.39 is 5.97 Å². The smallest absolute Gasteiger partial charge is 0.335 e. The number of piperidine rings is 1. The average molecular weight is 519 g/mol. The summed E-state index contributed by atoms with van der Waals surface area (Å²) in [6.45, 7) is 9.91. The second kappa shape index (κ2) is 11.0. The molecule has 1 N–H and O–H groups in total. The van der Waals surface area contributed by atoms with Crippen LogP contribution in [-0.2, 0) is 6.54 Å². The lowest BCUT2D eigenvalue weighted by Crippen LogP contribution is -2.60. The van der Waals surface area contributed by atoms with Crippen LogP contribution in [0.5, 0.6) is 11.5 Å². The highest BCUT2D eigenvalue weighted by molar-refractivity contribution is 5.88. The molecule has 2 fully saturated rings. The van der Waals surface area contributed by atoms with Gasteiger partial charge >= 0.3 is 5.97 Å². The Labute approximate surface area is 223 Å². The van der Waals surface area contributed by atoms with Crippen molar-refractivity contribution in [1.82, 2.24) is 4.90 Å². The lowest BCUT2D eigenvalue weighted by atomic mass is 9.71. The number of hydrogen-bond donors (Lipinski definition) is 1. The maximum absolute atomic E-state index is 13.6. The van der Waals surface area contributed by atoms with Crippen LogP contribution < -0.4 is 14.4 Å². The fourth-order valence-electron chi connectivity index (χ4n) is 5.70. The van der Waals surface area contributed by atoms with Crippen LogP contribution in [0.3, 0.4) is 0 Å². The van der Waals surface area contributed by atoms with Gasteiger partial charge in [-0.05, 0) is 99.4 Å². The number of likely N-dealkylation sites (tertiary alicyclic amines) is 1. The molecule has 2 aliphatic rings. The summed E-state index contributed by atoms with van der Waals surface area (Å²) in [5, 5.41) is 9.13. The Bertz CT molecular complexity index is 1230. The largest absolute Gasteiger partial charge is 0.493 e. The van der Waals surface area contributed by atoms with Gasteiger partial charge in [-0.2, -0.15) is 0 Å². The molecule has 1 spiro atoms. The van der Waals surface area contributed by atoms with Crippen molar-refractivity contribution in [1.29, 1.82) is 0 Å². The maximum atomic E-state index is 13.6. The van der Waals surface area contributed by atoms with Crippen molar-refractivity contribution >= 4 is 11.7 Å². The van der Waals surface area contributed by atoms with Crippen LogP contribution in [0.25, 0.3) is 11.1 Å². The minimum absolute atomic E-state index is 0.269. The van der Waals surface area contributed by atoms with Crippen molar-refractivity contribution in [2.24, 2.45) is 5.41 Å². The van der Waals surface area contributed by atoms with E-state index in [2.05, 4.69) is 21.9 Å². The molecule has 2 heterocycles. The van der Waals surface area contributed by atoms with Gasteiger partial charge in [-0.3, -0.25) is 4.90 Å². The van der Waals surface area contributed by atoms with E-state index in [0.717, 1.165) is 79.4 Å². The van der Waals surface area contributed by atoms with Crippen molar-refractivity contribution in [3.05, 3.63) is 77.6 Å². The Hall–Kier alpha value is -3.58. The molecule has 0 aliphatic carbocycles. The molecule has 6 nitrogen and oxygen atoms in total. The minimum atomic E-state index is -0.893. The molecule has 0 bridgehead atoms. The number of rotatable bonds is 9. The topological polar surface area (TPSA) is 62.2 Å². The first-order valence-corrected chi connectivity index (χ1v) is 13.4. The molecule has 2 aliphatic heterocycles. The summed E-state index contributed by atoms with van der Waals surface area (Å²) in [6, 6.07) is 17.8. The summed E-state index contributed by atoms with van der Waals surface area (Å²) in [4.78, 5) is 16.0. The van der Waals surface area contributed by atoms with Gasteiger partial charge in [0.05, 0.1) is 24.3 Å². The molecule has 0 aromatic heterocycles. The zero-order chi connectivity index (χ0) is 26.7. The summed E-state index contributed by atoms with van der Waals surface area (Å²) in [5.41, 5.74) is 4.63. The zero-order valence-corrected chi connectivity index (χ0v) is 22.1. The van der Waals surface area contributed by atoms with Gasteiger partial charge in [-0.25, -0.2) is 9.18 Å². The average Bonchev–Trinajstić information content (AvgIpc) is 2.89. The van der Waals surface area contributed by atoms with Gasteiger partial charge in [0.25, 0.3) is 0 Å². The van der Waals surface area contributed by atoms with Crippen molar-refractivity contribution in [2.45, 2.75) is 33.2 Å². The van der Waals surface area contributed by atoms with Crippen LogP contribution in [-0.4, -0.2) is 55.4 Å². The lowest BCUT2D eigenvalue weighted by molar-refractivity contribution is 0.0695. The highest BCUT2D eigenvalue weighted by Crippen LogP contribution is 2.44. The monoisotopic (exact) mass is 518 g/mol. The number of carboxylic acids is 1. The van der Waals surface area contributed by atoms with E-state index >= 15 is 0 Å². The van der Waals surface area contributed by atoms with E-state index in [4.69, 9.17) is 14.6 Å². The summed E-state index contributed by atoms with van der Waals surface area (Å²) in [5.74, 6) is 0.361. The summed E-state index contributed by atoms with van der Waals surface area (Å²) < 4.78 is 25.7. The SMILES string of the molecule is CCOc1cc(CN2CCC3(CC2)CN(c2ccc(C(=O)O)cc2)C3)cc(OCC)c1-c1ccc(F)cc1. The number of nitrogens with zero attached hydrogens (tertiary/aromatic N) is 2. The first-order valence-electron chi connectivity index (χ1n) is 13.4. The summed E-state index contributed by atoms with van der Waals surface area (Å²) in [6.07, 6.45) is 2.28. The molecule has 0 unspecified atom stereocenters. The molecule has 3 aromatic carbocycles. The van der Waals surface area contributed by atoms with Gasteiger partial charge in [-0.1, -0.05) is 12.1 Å². The Morgan fingerprint density at radius 3 is 2.03 bits per heavy atom. The predicted octanol–water partition coefficient (Wildman–Crippen LogP) is 6.09. The maximum Gasteiger partial charge on any atom is 0.335 e. The van der Waals surface area contributed by atoms with Crippen molar-refractivity contribution in [3.63, 3.8) is 0 Å². The third kappa shape index (κ3) is 5.48. The second-order valence-electron chi connectivity index (χ2n) is 10.3. The molecular weight excluding hydrogens is 483 g/mol. The number of ether oxygens (including phenoxy) is 2. The van der Waals surface area contributed by atoms with E-state index in [0.29, 0.717) is 24.2 Å². The van der Waals surface area contributed by atoms with Crippen LogP contribution in [0.4, 0.5) is 10.1 Å². The van der Waals surface area contributed by atoms with Gasteiger partial charge in [0.2, 0.25) is 0 Å². The third-order valence-electron chi connectivity index (χ3n) is 7.71. The normalized spacial score (nSPS) is 16.8. The Morgan fingerprint density at radius 2 is 1.50 bits per heavy atom. The van der Waals surface area contributed by atoms with Crippen LogP contribution in [0.2, 0.25) is 0 Å². The first kappa shape index (κ1) is 26.0. The Morgan fingerprint density at radius 1 is 0.921 bits per heavy atom. The number of anilines is 1. The van der Waals surface area contributed by atoms with Crippen LogP contribution in [0.1, 0.15) is 42.6 Å². The van der Waals surface area contributed by atoms with Gasteiger partial charge in [0.1, 0.15) is 17.3 Å². The highest BCUT2D eigenvalue weighted by Gasteiger charge is 2.44. The van der Waals surface area contributed by atoms with E-state index in [9.17, 15) is 9.18 Å². The number of aromatic carboxylic acids is 1. The molecule has 0 saturated carbocycles. The molecular formula is C31H35FN2O4. The Kier molecular flexibility index (Phi) is 7.56. The van der Waals surface area contributed by atoms with Crippen molar-refractivity contribution in [3.8, 4) is 22.6 Å². The molecule has 38 heavy (non-hydrogen) atoms. The third-order valence-corrected chi connectivity index (χ3v) is 7.71. The minimum Gasteiger partial charge on any atom is -0.493 e. The zero-order valence-electron chi connectivity index (χ0n) is 22.1. The molecule has 0 amide bonds. The molecule has 200 valence electrons. The van der Waals surface area contributed by atoms with Gasteiger partial charge in [-0.15, -0.1) is 0 Å². The molecule has 7 heteroatoms. The molecule has 5 rings (SSSR count). The van der Waals surface area contributed by atoms with Crippen LogP contribution in [0.15, 0.2) is 60.7 Å². The summed E-state index contributed by atoms with van der Waals surface area (Å²) >= 11 is 0. The molecule has 0 atom stereocenters. The van der Waals surface area contributed by atoms with E-state index in [-0.39, 0.29) is 5.82 Å². The van der Waals surface area contributed by atoms with E-state index in [1.54, 1.807) is 24.3 Å². The standard InChI is InChI=1S/C31H35FN2O4/c1-3-37-27-17-22(18-28(38-4-2)29(27)23-5-9-25(32)10-6-23)19-33-15-13-31(14-16-33)20-34(21-31)26-11-7-24(8-12-26)30(35)36/h5-12,17-18H,3-4,13-16,19-21H2,1-2H3,(H,35,36). The number of halogens is 1. The number of carboxylic acid groups (broad SMARTS) is 1. The molecule has 3 aromatic rings. The number of hydrogen-bond acceptors (Lipinski definition) is 5. The fraction of sp³-hybridized carbons (Fsp3) is 0.387. The van der Waals surface area contributed by atoms with E-state index in [1.807, 2.05) is 26.0 Å². The molecule has 0 radical (unpaired) electrons. The summed E-state index contributed by atoms with van der Waals surface area (Å²) in [7, 11) is 0.